The Balaban J connectivity index is -0.0000000819. The van der Waals surface area contributed by atoms with Gasteiger partial charge in [-0.25, -0.2) is 0 Å². The summed E-state index contributed by atoms with van der Waals surface area (Å²) in [6.07, 6.45) is 60.7. The van der Waals surface area contributed by atoms with E-state index in [0.717, 1.165) is 35.9 Å². The van der Waals surface area contributed by atoms with Crippen LogP contribution in [0.1, 0.15) is 324 Å². The van der Waals surface area contributed by atoms with Gasteiger partial charge in [0.2, 0.25) is 0 Å². The summed E-state index contributed by atoms with van der Waals surface area (Å²) in [4.78, 5) is 0. The van der Waals surface area contributed by atoms with Crippen LogP contribution in [-0.2, 0) is 50.5 Å². The van der Waals surface area contributed by atoms with Crippen molar-refractivity contribution in [2.45, 2.75) is 324 Å². The molecule has 0 amide bonds. The molecule has 0 aliphatic carbocycles. The van der Waals surface area contributed by atoms with Gasteiger partial charge in [-0.15, -0.1) is 0 Å². The summed E-state index contributed by atoms with van der Waals surface area (Å²) in [5.41, 5.74) is 0. The van der Waals surface area contributed by atoms with E-state index in [1.54, 1.807) is 0 Å². The van der Waals surface area contributed by atoms with Crippen LogP contribution < -0.4 is 0 Å². The summed E-state index contributed by atoms with van der Waals surface area (Å²) in [6.45, 7) is 20.5. The van der Waals surface area contributed by atoms with E-state index >= 15 is 0 Å². The van der Waals surface area contributed by atoms with Crippen molar-refractivity contribution in [3.8, 4) is 0 Å². The third-order valence-corrected chi connectivity index (χ3v) is 11.9. The van der Waals surface area contributed by atoms with Crippen molar-refractivity contribution >= 4 is 112 Å². The van der Waals surface area contributed by atoms with Crippen molar-refractivity contribution in [2.75, 3.05) is 23.0 Å². The first-order chi connectivity index (χ1) is 29.5. The van der Waals surface area contributed by atoms with E-state index < -0.39 is 0 Å². The van der Waals surface area contributed by atoms with E-state index in [1.165, 1.54) is 270 Å². The Labute approximate surface area is 468 Å². The minimum absolute atomic E-state index is 0. The van der Waals surface area contributed by atoms with Gasteiger partial charge in [0.1, 0.15) is 0 Å². The van der Waals surface area contributed by atoms with Crippen LogP contribution in [0.3, 0.4) is 0 Å². The summed E-state index contributed by atoms with van der Waals surface area (Å²) in [7, 11) is 0. The standard InChI is InChI=1S/4C12H26S.2C4H9.H2S.2Sn/c4*1-2-3-4-5-6-7-8-9-10-11-12-13;2*1-3-4-2;;;/h4*13H,2-12H2,1H3;2*1,3-4H2,2H3;1H2;;/q;;;;;;;2*+2/p-4. The number of unbranched alkanes of at least 4 members (excludes halogenated alkanes) is 38. The molecule has 0 aromatic rings. The molecule has 0 N–H and O–H groups in total. The predicted octanol–water partition coefficient (Wildman–Crippen LogP) is 20.4. The zero-order valence-corrected chi connectivity index (χ0v) is 54.5. The van der Waals surface area contributed by atoms with Gasteiger partial charge < -0.3 is 50.5 Å². The van der Waals surface area contributed by atoms with Crippen LogP contribution in [0.2, 0.25) is 0 Å². The molecule has 382 valence electrons. The van der Waals surface area contributed by atoms with Crippen molar-refractivity contribution in [1.29, 1.82) is 0 Å². The second-order valence-electron chi connectivity index (χ2n) is 17.3. The van der Waals surface area contributed by atoms with Crippen LogP contribution >= 0.6 is 13.5 Å². The van der Waals surface area contributed by atoms with Gasteiger partial charge in [-0.2, -0.15) is 36.5 Å². The summed E-state index contributed by atoms with van der Waals surface area (Å²) in [5.74, 6) is 3.82. The minimum atomic E-state index is 0. The van der Waals surface area contributed by atoms with E-state index in [2.05, 4.69) is 55.4 Å². The smallest absolute Gasteiger partial charge is 0.793 e. The molecule has 0 rings (SSSR count). The van der Waals surface area contributed by atoms with E-state index in [1.807, 2.05) is 0 Å². The van der Waals surface area contributed by atoms with Crippen molar-refractivity contribution in [2.24, 2.45) is 0 Å². The molecule has 0 heterocycles. The Morgan fingerprint density at radius 1 is 0.206 bits per heavy atom. The van der Waals surface area contributed by atoms with Crippen molar-refractivity contribution < 1.29 is 0 Å². The van der Waals surface area contributed by atoms with Crippen LogP contribution in [-0.4, -0.2) is 70.8 Å². The normalized spacial score (nSPS) is 9.71. The topological polar surface area (TPSA) is 0 Å². The Morgan fingerprint density at radius 2 is 0.302 bits per heavy atom. The fourth-order valence-corrected chi connectivity index (χ4v) is 7.17. The molecule has 0 bridgehead atoms. The Kier molecular flexibility index (Phi) is 140. The predicted molar refractivity (Wildman–Crippen MR) is 319 cm³/mol. The molecule has 0 spiro atoms. The summed E-state index contributed by atoms with van der Waals surface area (Å²) >= 11 is 19.6. The monoisotopic (exact) mass is 1190 g/mol. The zero-order chi connectivity index (χ0) is 45.9. The minimum Gasteiger partial charge on any atom is -0.793 e. The van der Waals surface area contributed by atoms with E-state index in [4.69, 9.17) is 50.5 Å². The maximum atomic E-state index is 4.90. The molecule has 0 aliphatic heterocycles. The summed E-state index contributed by atoms with van der Waals surface area (Å²) in [5, 5.41) is 0. The first-order valence-electron chi connectivity index (χ1n) is 27.4. The number of rotatable bonds is 42. The fourth-order valence-electron chi connectivity index (χ4n) is 6.36. The quantitative estimate of drug-likeness (QED) is 0.0339. The van der Waals surface area contributed by atoms with Crippen LogP contribution in [0.5, 0.6) is 0 Å². The second kappa shape index (κ2) is 103. The van der Waals surface area contributed by atoms with Gasteiger partial charge in [0, 0.05) is 0 Å². The van der Waals surface area contributed by atoms with E-state index in [0.29, 0.717) is 0 Å². The molecule has 0 atom stereocenters. The van der Waals surface area contributed by atoms with Gasteiger partial charge in [-0.05, 0) is 0 Å². The molecule has 7 heteroatoms. The van der Waals surface area contributed by atoms with Crippen molar-refractivity contribution in [3.63, 3.8) is 0 Å². The largest absolute Gasteiger partial charge is 2.00 e. The molecule has 0 aliphatic rings. The SMILES string of the molecule is CCCCCCCCCCCC[S-].CCCCCCCCCCCC[S-].CCCCCCCCCCCC[S-].CCCCCCCCCCCC[S-].S.[CH2]CCC.[CH2]CCC.[Sn+2].[Sn+2]. The van der Waals surface area contributed by atoms with E-state index in [-0.39, 0.29) is 61.3 Å². The van der Waals surface area contributed by atoms with E-state index in [9.17, 15) is 0 Å². The zero-order valence-electron chi connectivity index (χ0n) is 44.5. The van der Waals surface area contributed by atoms with Gasteiger partial charge in [-0.1, -0.05) is 338 Å². The third kappa shape index (κ3) is 128. The average molecular weight is 1190 g/mol. The maximum absolute atomic E-state index is 4.90. The first-order valence-corrected chi connectivity index (χ1v) is 29.7. The van der Waals surface area contributed by atoms with Crippen LogP contribution in [0, 0.1) is 13.8 Å². The molecular formula is C56H120S5Sn2. The second-order valence-corrected chi connectivity index (χ2v) is 18.9. The molecule has 0 aromatic carbocycles. The fraction of sp³-hybridized carbons (Fsp3) is 0.964. The molecule has 6 radical (unpaired) electrons. The van der Waals surface area contributed by atoms with Gasteiger partial charge in [0.15, 0.2) is 0 Å². The first kappa shape index (κ1) is 86.1. The molecule has 0 nitrogen and oxygen atoms in total. The molecule has 0 fully saturated rings. The van der Waals surface area contributed by atoms with Crippen LogP contribution in [0.4, 0.5) is 0 Å². The van der Waals surface area contributed by atoms with Gasteiger partial charge in [-0.3, -0.25) is 0 Å². The molecule has 0 unspecified atom stereocenters. The van der Waals surface area contributed by atoms with Crippen molar-refractivity contribution in [3.05, 3.63) is 13.8 Å². The van der Waals surface area contributed by atoms with Crippen LogP contribution in [0.15, 0.2) is 0 Å². The molecular weight excluding hydrogens is 1070 g/mol. The van der Waals surface area contributed by atoms with Gasteiger partial charge >= 0.3 is 47.8 Å². The van der Waals surface area contributed by atoms with Gasteiger partial charge in [0.05, 0.1) is 0 Å². The van der Waals surface area contributed by atoms with Gasteiger partial charge in [0.25, 0.3) is 0 Å². The molecule has 63 heavy (non-hydrogen) atoms. The molecule has 0 saturated heterocycles. The van der Waals surface area contributed by atoms with Crippen LogP contribution in [0.25, 0.3) is 0 Å². The molecule has 0 aromatic heterocycles. The maximum Gasteiger partial charge on any atom is 2.00 e. The summed E-state index contributed by atoms with van der Waals surface area (Å²) < 4.78 is 0. The Bertz CT molecular complexity index is 438. The Morgan fingerprint density at radius 3 is 0.381 bits per heavy atom. The summed E-state index contributed by atoms with van der Waals surface area (Å²) in [6, 6.07) is 0. The number of hydrogen-bond acceptors (Lipinski definition) is 4. The average Bonchev–Trinajstić information content (AvgIpc) is 3.27. The third-order valence-electron chi connectivity index (χ3n) is 10.7. The number of hydrogen-bond donors (Lipinski definition) is 0. The Hall–Kier alpha value is 3.35. The molecule has 0 saturated carbocycles. The van der Waals surface area contributed by atoms with Crippen molar-refractivity contribution in [1.82, 2.24) is 0 Å².